The van der Waals surface area contributed by atoms with Gasteiger partial charge in [-0.3, -0.25) is 9.59 Å². The summed E-state index contributed by atoms with van der Waals surface area (Å²) in [5, 5.41) is 2.74. The van der Waals surface area contributed by atoms with E-state index in [0.29, 0.717) is 6.42 Å². The summed E-state index contributed by atoms with van der Waals surface area (Å²) in [5.41, 5.74) is 10.3. The zero-order valence-corrected chi connectivity index (χ0v) is 10.7. The molecule has 1 aliphatic rings. The van der Waals surface area contributed by atoms with Crippen molar-refractivity contribution in [2.75, 3.05) is 6.54 Å². The summed E-state index contributed by atoms with van der Waals surface area (Å²) in [4.78, 5) is 22.8. The maximum Gasteiger partial charge on any atom is 0.224 e. The first-order chi connectivity index (χ1) is 7.75. The molecule has 2 amide bonds. The lowest BCUT2D eigenvalue weighted by Gasteiger charge is -2.25. The molecule has 0 spiro atoms. The molecule has 0 aromatic carbocycles. The Morgan fingerprint density at radius 1 is 1.29 bits per heavy atom. The van der Waals surface area contributed by atoms with Gasteiger partial charge in [0.1, 0.15) is 0 Å². The van der Waals surface area contributed by atoms with Crippen LogP contribution in [0.25, 0.3) is 0 Å². The van der Waals surface area contributed by atoms with Crippen LogP contribution in [0.15, 0.2) is 0 Å². The second-order valence-electron chi connectivity index (χ2n) is 5.77. The van der Waals surface area contributed by atoms with E-state index in [1.807, 2.05) is 0 Å². The van der Waals surface area contributed by atoms with Crippen LogP contribution >= 0.6 is 0 Å². The molecular weight excluding hydrogens is 218 g/mol. The lowest BCUT2D eigenvalue weighted by Crippen LogP contribution is -2.46. The van der Waals surface area contributed by atoms with Gasteiger partial charge in [-0.1, -0.05) is 12.8 Å². The first-order valence-corrected chi connectivity index (χ1v) is 6.11. The Bertz CT molecular complexity index is 307. The van der Waals surface area contributed by atoms with Crippen LogP contribution in [0, 0.1) is 5.41 Å². The van der Waals surface area contributed by atoms with E-state index < -0.39 is 11.3 Å². The third kappa shape index (κ3) is 4.00. The second-order valence-corrected chi connectivity index (χ2v) is 5.77. The smallest absolute Gasteiger partial charge is 0.224 e. The molecule has 0 aliphatic heterocycles. The number of carbonyl (C=O) groups is 2. The Balaban J connectivity index is 2.38. The fourth-order valence-corrected chi connectivity index (χ4v) is 2.04. The minimum Gasteiger partial charge on any atom is -0.369 e. The molecule has 98 valence electrons. The number of rotatable bonds is 5. The molecule has 1 fully saturated rings. The van der Waals surface area contributed by atoms with Crippen LogP contribution in [0.1, 0.15) is 46.0 Å². The predicted molar refractivity (Wildman–Crippen MR) is 66.0 cm³/mol. The molecule has 0 aromatic rings. The van der Waals surface area contributed by atoms with Gasteiger partial charge in [0, 0.05) is 18.5 Å². The number of carbonyl (C=O) groups excluding carboxylic acids is 2. The van der Waals surface area contributed by atoms with Crippen molar-refractivity contribution in [3.8, 4) is 0 Å². The summed E-state index contributed by atoms with van der Waals surface area (Å²) >= 11 is 0. The third-order valence-corrected chi connectivity index (χ3v) is 3.51. The first-order valence-electron chi connectivity index (χ1n) is 6.11. The number of hydrogen-bond acceptors (Lipinski definition) is 3. The fraction of sp³-hybridized carbons (Fsp3) is 0.833. The van der Waals surface area contributed by atoms with Crippen LogP contribution in [-0.2, 0) is 9.59 Å². The van der Waals surface area contributed by atoms with E-state index in [4.69, 9.17) is 11.5 Å². The van der Waals surface area contributed by atoms with Gasteiger partial charge in [-0.05, 0) is 26.7 Å². The zero-order chi connectivity index (χ0) is 13.1. The summed E-state index contributed by atoms with van der Waals surface area (Å²) in [5.74, 6) is -0.509. The summed E-state index contributed by atoms with van der Waals surface area (Å²) in [6, 6.07) is 0. The largest absolute Gasteiger partial charge is 0.369 e. The van der Waals surface area contributed by atoms with Gasteiger partial charge in [0.2, 0.25) is 11.8 Å². The van der Waals surface area contributed by atoms with Gasteiger partial charge in [0.25, 0.3) is 0 Å². The Labute approximate surface area is 102 Å². The molecule has 0 radical (unpaired) electrons. The highest BCUT2D eigenvalue weighted by Crippen LogP contribution is 2.29. The standard InChI is InChI=1S/C12H23N3O2/c1-11(2,10(13)17)8-15-9(16)7-12(14)5-3-4-6-12/h3-8,14H2,1-2H3,(H2,13,17)(H,15,16). The van der Waals surface area contributed by atoms with Gasteiger partial charge in [-0.2, -0.15) is 0 Å². The second kappa shape index (κ2) is 5.04. The van der Waals surface area contributed by atoms with Gasteiger partial charge in [0.15, 0.2) is 0 Å². The molecule has 5 N–H and O–H groups in total. The maximum absolute atomic E-state index is 11.7. The van der Waals surface area contributed by atoms with Gasteiger partial charge >= 0.3 is 0 Å². The van der Waals surface area contributed by atoms with E-state index in [0.717, 1.165) is 25.7 Å². The molecular formula is C12H23N3O2. The zero-order valence-electron chi connectivity index (χ0n) is 10.7. The predicted octanol–water partition coefficient (Wildman–Crippen LogP) is 0.276. The molecule has 0 saturated heterocycles. The molecule has 17 heavy (non-hydrogen) atoms. The van der Waals surface area contributed by atoms with Crippen molar-refractivity contribution in [1.82, 2.24) is 5.32 Å². The molecule has 0 atom stereocenters. The highest BCUT2D eigenvalue weighted by atomic mass is 16.2. The van der Waals surface area contributed by atoms with Crippen LogP contribution in [0.2, 0.25) is 0 Å². The van der Waals surface area contributed by atoms with Crippen molar-refractivity contribution in [3.63, 3.8) is 0 Å². The van der Waals surface area contributed by atoms with E-state index in [2.05, 4.69) is 5.32 Å². The quantitative estimate of drug-likeness (QED) is 0.644. The topological polar surface area (TPSA) is 98.2 Å². The van der Waals surface area contributed by atoms with Crippen LogP contribution in [0.3, 0.4) is 0 Å². The Kier molecular flexibility index (Phi) is 4.14. The van der Waals surface area contributed by atoms with Crippen LogP contribution in [-0.4, -0.2) is 23.9 Å². The number of hydrogen-bond donors (Lipinski definition) is 3. The minimum atomic E-state index is -0.715. The van der Waals surface area contributed by atoms with Crippen LogP contribution < -0.4 is 16.8 Å². The fourth-order valence-electron chi connectivity index (χ4n) is 2.04. The highest BCUT2D eigenvalue weighted by Gasteiger charge is 2.32. The average molecular weight is 241 g/mol. The molecule has 1 saturated carbocycles. The number of primary amides is 1. The Morgan fingerprint density at radius 2 is 1.82 bits per heavy atom. The van der Waals surface area contributed by atoms with Crippen molar-refractivity contribution in [2.45, 2.75) is 51.5 Å². The molecule has 0 bridgehead atoms. The van der Waals surface area contributed by atoms with Crippen molar-refractivity contribution >= 4 is 11.8 Å². The molecule has 0 aromatic heterocycles. The van der Waals surface area contributed by atoms with Gasteiger partial charge in [-0.25, -0.2) is 0 Å². The average Bonchev–Trinajstić information content (AvgIpc) is 2.62. The minimum absolute atomic E-state index is 0.0938. The van der Waals surface area contributed by atoms with E-state index in [1.54, 1.807) is 13.8 Å². The Morgan fingerprint density at radius 3 is 2.29 bits per heavy atom. The van der Waals surface area contributed by atoms with Crippen molar-refractivity contribution in [3.05, 3.63) is 0 Å². The molecule has 5 heteroatoms. The number of nitrogens with two attached hydrogens (primary N) is 2. The van der Waals surface area contributed by atoms with Crippen LogP contribution in [0.4, 0.5) is 0 Å². The number of nitrogens with one attached hydrogen (secondary N) is 1. The van der Waals surface area contributed by atoms with Gasteiger partial charge in [-0.15, -0.1) is 0 Å². The van der Waals surface area contributed by atoms with Gasteiger partial charge < -0.3 is 16.8 Å². The maximum atomic E-state index is 11.7. The lowest BCUT2D eigenvalue weighted by atomic mass is 9.91. The van der Waals surface area contributed by atoms with Gasteiger partial charge in [0.05, 0.1) is 5.41 Å². The van der Waals surface area contributed by atoms with E-state index in [-0.39, 0.29) is 18.0 Å². The number of amides is 2. The lowest BCUT2D eigenvalue weighted by molar-refractivity contribution is -0.127. The molecule has 0 unspecified atom stereocenters. The summed E-state index contributed by atoms with van der Waals surface area (Å²) in [7, 11) is 0. The molecule has 1 rings (SSSR count). The third-order valence-electron chi connectivity index (χ3n) is 3.51. The van der Waals surface area contributed by atoms with Crippen molar-refractivity contribution in [1.29, 1.82) is 0 Å². The summed E-state index contributed by atoms with van der Waals surface area (Å²) < 4.78 is 0. The van der Waals surface area contributed by atoms with E-state index >= 15 is 0 Å². The molecule has 1 aliphatic carbocycles. The normalized spacial score (nSPS) is 19.0. The SMILES string of the molecule is CC(C)(CNC(=O)CC1(N)CCCC1)C(N)=O. The summed E-state index contributed by atoms with van der Waals surface area (Å²) in [6.45, 7) is 3.68. The first kappa shape index (κ1) is 14.0. The highest BCUT2D eigenvalue weighted by molar-refractivity contribution is 5.82. The van der Waals surface area contributed by atoms with Crippen LogP contribution in [0.5, 0.6) is 0 Å². The summed E-state index contributed by atoms with van der Waals surface area (Å²) in [6.07, 6.45) is 4.33. The van der Waals surface area contributed by atoms with Crippen molar-refractivity contribution < 1.29 is 9.59 Å². The molecule has 0 heterocycles. The molecule has 5 nitrogen and oxygen atoms in total. The van der Waals surface area contributed by atoms with E-state index in [1.165, 1.54) is 0 Å². The Hall–Kier alpha value is -1.10. The van der Waals surface area contributed by atoms with Crippen molar-refractivity contribution in [2.24, 2.45) is 16.9 Å². The van der Waals surface area contributed by atoms with E-state index in [9.17, 15) is 9.59 Å². The monoisotopic (exact) mass is 241 g/mol.